The molecule has 0 heterocycles. The Morgan fingerprint density at radius 3 is 2.10 bits per heavy atom. The van der Waals surface area contributed by atoms with Gasteiger partial charge in [0.2, 0.25) is 5.91 Å². The van der Waals surface area contributed by atoms with Gasteiger partial charge in [-0.1, -0.05) is 42.5 Å². The molecule has 0 atom stereocenters. The normalized spacial score (nSPS) is 10.3. The molecule has 3 rings (SSSR count). The fourth-order valence-electron chi connectivity index (χ4n) is 3.17. The van der Waals surface area contributed by atoms with E-state index in [1.807, 2.05) is 85.8 Å². The van der Waals surface area contributed by atoms with Gasteiger partial charge in [0.1, 0.15) is 5.75 Å². The first-order chi connectivity index (χ1) is 14.6. The number of hydrogen-bond donors (Lipinski definition) is 1. The number of amides is 2. The van der Waals surface area contributed by atoms with Crippen LogP contribution in [-0.2, 0) is 17.8 Å². The van der Waals surface area contributed by atoms with Gasteiger partial charge < -0.3 is 15.0 Å². The molecule has 1 N–H and O–H groups in total. The van der Waals surface area contributed by atoms with Gasteiger partial charge in [-0.2, -0.15) is 0 Å². The molecule has 0 saturated heterocycles. The number of benzene rings is 3. The van der Waals surface area contributed by atoms with Crippen molar-refractivity contribution in [2.75, 3.05) is 18.6 Å². The summed E-state index contributed by atoms with van der Waals surface area (Å²) in [6.45, 7) is 2.93. The molecule has 154 valence electrons. The first-order valence-electron chi connectivity index (χ1n) is 9.96. The summed E-state index contributed by atoms with van der Waals surface area (Å²) in [7, 11) is 1.63. The van der Waals surface area contributed by atoms with Crippen molar-refractivity contribution in [2.24, 2.45) is 0 Å². The molecule has 0 aromatic heterocycles. The highest BCUT2D eigenvalue weighted by molar-refractivity contribution is 6.06. The number of nitrogens with zero attached hydrogens (tertiary/aromatic N) is 1. The first kappa shape index (κ1) is 21.1. The van der Waals surface area contributed by atoms with Crippen molar-refractivity contribution in [1.82, 2.24) is 5.32 Å². The third-order valence-electron chi connectivity index (χ3n) is 4.75. The second-order valence-electron chi connectivity index (χ2n) is 6.90. The molecule has 0 spiro atoms. The topological polar surface area (TPSA) is 58.6 Å². The van der Waals surface area contributed by atoms with Gasteiger partial charge >= 0.3 is 0 Å². The molecule has 0 radical (unpaired) electrons. The fraction of sp³-hybridized carbons (Fsp3) is 0.200. The summed E-state index contributed by atoms with van der Waals surface area (Å²) in [6, 6.07) is 24.5. The molecule has 0 aliphatic rings. The number of nitrogens with one attached hydrogen (secondary N) is 1. The molecule has 5 nitrogen and oxygen atoms in total. The summed E-state index contributed by atoms with van der Waals surface area (Å²) in [5, 5.41) is 2.80. The second kappa shape index (κ2) is 10.3. The summed E-state index contributed by atoms with van der Waals surface area (Å²) in [4.78, 5) is 26.8. The third-order valence-corrected chi connectivity index (χ3v) is 4.75. The predicted octanol–water partition coefficient (Wildman–Crippen LogP) is 4.22. The molecular formula is C25H26N2O3. The van der Waals surface area contributed by atoms with E-state index in [0.29, 0.717) is 25.1 Å². The van der Waals surface area contributed by atoms with Crippen LogP contribution < -0.4 is 15.0 Å². The van der Waals surface area contributed by atoms with Crippen LogP contribution in [-0.4, -0.2) is 25.5 Å². The van der Waals surface area contributed by atoms with Crippen molar-refractivity contribution in [3.8, 4) is 5.75 Å². The fourth-order valence-corrected chi connectivity index (χ4v) is 3.17. The maximum atomic E-state index is 13.3. The van der Waals surface area contributed by atoms with Crippen LogP contribution in [0.5, 0.6) is 5.75 Å². The molecule has 0 bridgehead atoms. The Morgan fingerprint density at radius 2 is 1.50 bits per heavy atom. The third kappa shape index (κ3) is 5.47. The van der Waals surface area contributed by atoms with Gasteiger partial charge in [-0.05, 0) is 54.4 Å². The lowest BCUT2D eigenvalue weighted by atomic mass is 10.1. The van der Waals surface area contributed by atoms with Crippen molar-refractivity contribution in [3.63, 3.8) is 0 Å². The van der Waals surface area contributed by atoms with Gasteiger partial charge in [0.05, 0.1) is 20.1 Å². The van der Waals surface area contributed by atoms with Crippen LogP contribution in [0.15, 0.2) is 78.9 Å². The lowest BCUT2D eigenvalue weighted by molar-refractivity contribution is -0.120. The highest BCUT2D eigenvalue weighted by Gasteiger charge is 2.18. The quantitative estimate of drug-likeness (QED) is 0.614. The zero-order valence-electron chi connectivity index (χ0n) is 17.3. The average Bonchev–Trinajstić information content (AvgIpc) is 2.79. The molecule has 3 aromatic carbocycles. The van der Waals surface area contributed by atoms with E-state index in [-0.39, 0.29) is 11.8 Å². The van der Waals surface area contributed by atoms with Crippen LogP contribution in [0.1, 0.15) is 28.4 Å². The Morgan fingerprint density at radius 1 is 0.867 bits per heavy atom. The first-order valence-corrected chi connectivity index (χ1v) is 9.96. The van der Waals surface area contributed by atoms with E-state index in [0.717, 1.165) is 22.6 Å². The number of methoxy groups -OCH3 is 1. The summed E-state index contributed by atoms with van der Waals surface area (Å²) in [6.07, 6.45) is 0.319. The van der Waals surface area contributed by atoms with E-state index in [9.17, 15) is 9.59 Å². The highest BCUT2D eigenvalue weighted by Crippen LogP contribution is 2.22. The van der Waals surface area contributed by atoms with Gasteiger partial charge in [-0.25, -0.2) is 0 Å². The molecule has 3 aromatic rings. The van der Waals surface area contributed by atoms with Gasteiger partial charge in [-0.15, -0.1) is 0 Å². The highest BCUT2D eigenvalue weighted by atomic mass is 16.5. The number of rotatable bonds is 8. The number of anilines is 1. The van der Waals surface area contributed by atoms with Gasteiger partial charge in [-0.3, -0.25) is 9.59 Å². The minimum atomic E-state index is -0.0807. The molecule has 0 saturated carbocycles. The van der Waals surface area contributed by atoms with E-state index in [4.69, 9.17) is 4.74 Å². The number of likely N-dealkylation sites (N-methyl/N-ethyl adjacent to an activating group) is 1. The number of hydrogen-bond acceptors (Lipinski definition) is 3. The monoisotopic (exact) mass is 402 g/mol. The Hall–Kier alpha value is -3.60. The maximum Gasteiger partial charge on any atom is 0.258 e. The molecule has 5 heteroatoms. The van der Waals surface area contributed by atoms with Gasteiger partial charge in [0, 0.05) is 17.8 Å². The SMILES string of the molecule is CCNC(=O)Cc1ccc(N(Cc2ccc(OC)cc2)C(=O)c2ccccc2)cc1. The molecule has 0 fully saturated rings. The van der Waals surface area contributed by atoms with Crippen LogP contribution in [0.4, 0.5) is 5.69 Å². The Labute approximate surface area is 177 Å². The average molecular weight is 402 g/mol. The second-order valence-corrected chi connectivity index (χ2v) is 6.90. The number of carbonyl (C=O) groups is 2. The molecule has 2 amide bonds. The van der Waals surface area contributed by atoms with E-state index in [1.165, 1.54) is 0 Å². The minimum Gasteiger partial charge on any atom is -0.497 e. The van der Waals surface area contributed by atoms with Gasteiger partial charge in [0.15, 0.2) is 0 Å². The van der Waals surface area contributed by atoms with E-state index < -0.39 is 0 Å². The molecule has 30 heavy (non-hydrogen) atoms. The Bertz CT molecular complexity index is 968. The van der Waals surface area contributed by atoms with Crippen LogP contribution in [0, 0.1) is 0 Å². The standard InChI is InChI=1S/C25H26N2O3/c1-3-26-24(28)17-19-9-13-22(14-10-19)27(25(29)21-7-5-4-6-8-21)18-20-11-15-23(30-2)16-12-20/h4-16H,3,17-18H2,1-2H3,(H,26,28). The van der Waals surface area contributed by atoms with Crippen LogP contribution in [0.3, 0.4) is 0 Å². The largest absolute Gasteiger partial charge is 0.497 e. The van der Waals surface area contributed by atoms with E-state index >= 15 is 0 Å². The summed E-state index contributed by atoms with van der Waals surface area (Å²) < 4.78 is 5.22. The van der Waals surface area contributed by atoms with Gasteiger partial charge in [0.25, 0.3) is 5.91 Å². The summed E-state index contributed by atoms with van der Waals surface area (Å²) in [5.74, 6) is 0.679. The number of carbonyl (C=O) groups excluding carboxylic acids is 2. The van der Waals surface area contributed by atoms with Crippen molar-refractivity contribution in [2.45, 2.75) is 19.9 Å². The molecule has 0 unspecified atom stereocenters. The summed E-state index contributed by atoms with van der Waals surface area (Å²) in [5.41, 5.74) is 3.30. The molecule has 0 aliphatic heterocycles. The lowest BCUT2D eigenvalue weighted by Crippen LogP contribution is -2.30. The smallest absolute Gasteiger partial charge is 0.258 e. The zero-order valence-corrected chi connectivity index (χ0v) is 17.3. The summed E-state index contributed by atoms with van der Waals surface area (Å²) >= 11 is 0. The Kier molecular flexibility index (Phi) is 7.22. The van der Waals surface area contributed by atoms with Crippen LogP contribution in [0.25, 0.3) is 0 Å². The number of ether oxygens (including phenoxy) is 1. The van der Waals surface area contributed by atoms with Crippen molar-refractivity contribution in [1.29, 1.82) is 0 Å². The van der Waals surface area contributed by atoms with Crippen molar-refractivity contribution in [3.05, 3.63) is 95.6 Å². The zero-order chi connectivity index (χ0) is 21.3. The lowest BCUT2D eigenvalue weighted by Gasteiger charge is -2.23. The maximum absolute atomic E-state index is 13.3. The van der Waals surface area contributed by atoms with Crippen LogP contribution in [0.2, 0.25) is 0 Å². The van der Waals surface area contributed by atoms with E-state index in [2.05, 4.69) is 5.32 Å². The van der Waals surface area contributed by atoms with E-state index in [1.54, 1.807) is 12.0 Å². The van der Waals surface area contributed by atoms with Crippen LogP contribution >= 0.6 is 0 Å². The van der Waals surface area contributed by atoms with Crippen molar-refractivity contribution >= 4 is 17.5 Å². The minimum absolute atomic E-state index is 0.0132. The van der Waals surface area contributed by atoms with Crippen molar-refractivity contribution < 1.29 is 14.3 Å². The predicted molar refractivity (Wildman–Crippen MR) is 119 cm³/mol. The molecule has 0 aliphatic carbocycles. The Balaban J connectivity index is 1.86. The molecular weight excluding hydrogens is 376 g/mol.